The molecule has 3 unspecified atom stereocenters. The van der Waals surface area contributed by atoms with E-state index in [2.05, 4.69) is 67.5 Å². The third kappa shape index (κ3) is 6.50. The summed E-state index contributed by atoms with van der Waals surface area (Å²) in [5, 5.41) is 10.0. The van der Waals surface area contributed by atoms with Gasteiger partial charge in [-0.15, -0.1) is 0 Å². The number of aryl methyl sites for hydroxylation is 2. The smallest absolute Gasteiger partial charge is 0.438 e. The van der Waals surface area contributed by atoms with E-state index in [9.17, 15) is 31.4 Å². The highest BCUT2D eigenvalue weighted by molar-refractivity contribution is 14.1. The first kappa shape index (κ1) is 32.0. The molecule has 2 aromatic carbocycles. The summed E-state index contributed by atoms with van der Waals surface area (Å²) in [6.45, 7) is 6.21. The topological polar surface area (TPSA) is 38.7 Å². The molecule has 3 atom stereocenters. The summed E-state index contributed by atoms with van der Waals surface area (Å²) in [5.41, 5.74) is -1.93. The zero-order valence-corrected chi connectivity index (χ0v) is 24.9. The molecule has 37 heavy (non-hydrogen) atoms. The lowest BCUT2D eigenvalue weighted by Gasteiger charge is -2.37. The number of benzene rings is 2. The van der Waals surface area contributed by atoms with Crippen LogP contribution in [0.15, 0.2) is 36.4 Å². The number of hydrogen-bond donors (Lipinski definition) is 1. The Kier molecular flexibility index (Phi) is 10.3. The normalized spacial score (nSPS) is 15.9. The van der Waals surface area contributed by atoms with E-state index in [4.69, 9.17) is 0 Å². The van der Waals surface area contributed by atoms with Crippen LogP contribution in [0.4, 0.5) is 26.3 Å². The summed E-state index contributed by atoms with van der Waals surface area (Å²) in [6.07, 6.45) is -11.7. The van der Waals surface area contributed by atoms with Crippen molar-refractivity contribution in [2.45, 2.75) is 53.0 Å². The Hall–Kier alpha value is -1.24. The molecule has 3 nitrogen and oxygen atoms in total. The molecule has 2 rings (SSSR count). The van der Waals surface area contributed by atoms with Gasteiger partial charge in [-0.05, 0) is 60.1 Å². The minimum atomic E-state index is -5.86. The van der Waals surface area contributed by atoms with Crippen molar-refractivity contribution < 1.29 is 40.9 Å². The van der Waals surface area contributed by atoms with E-state index in [-0.39, 0.29) is 21.2 Å². The predicted molar refractivity (Wildman–Crippen MR) is 146 cm³/mol. The Morgan fingerprint density at radius 1 is 0.919 bits per heavy atom. The molecule has 0 aliphatic carbocycles. The summed E-state index contributed by atoms with van der Waals surface area (Å²) < 4.78 is 89.7. The van der Waals surface area contributed by atoms with Crippen LogP contribution in [0.25, 0.3) is 0 Å². The number of rotatable bonds is 7. The van der Waals surface area contributed by atoms with Crippen LogP contribution in [0.3, 0.4) is 0 Å². The number of aromatic hydroxyl groups is 1. The average molecular weight is 754 g/mol. The van der Waals surface area contributed by atoms with Crippen molar-refractivity contribution in [1.82, 2.24) is 0 Å². The molecule has 0 bridgehead atoms. The number of ether oxygens (including phenoxy) is 2. The molecule has 0 radical (unpaired) electrons. The van der Waals surface area contributed by atoms with E-state index in [1.165, 1.54) is 12.0 Å². The molecule has 0 spiro atoms. The lowest BCUT2D eigenvalue weighted by Crippen LogP contribution is -2.58. The van der Waals surface area contributed by atoms with Gasteiger partial charge in [-0.3, -0.25) is 0 Å². The molecule has 11 heteroatoms. The molecule has 1 N–H and O–H groups in total. The minimum Gasteiger partial charge on any atom is -0.508 e. The summed E-state index contributed by atoms with van der Waals surface area (Å²) in [4.78, 5) is 0. The number of hydrogen-bond acceptors (Lipinski definition) is 3. The predicted octanol–water partition coefficient (Wildman–Crippen LogP) is 7.98. The maximum absolute atomic E-state index is 13.6. The molecule has 0 aliphatic rings. The molecule has 0 saturated carbocycles. The highest BCUT2D eigenvalue weighted by Crippen LogP contribution is 2.49. The van der Waals surface area contributed by atoms with E-state index >= 15 is 0 Å². The van der Waals surface area contributed by atoms with Gasteiger partial charge in [0.15, 0.2) is 0 Å². The van der Waals surface area contributed by atoms with Gasteiger partial charge in [0.25, 0.3) is 0 Å². The maximum Gasteiger partial charge on any atom is 0.438 e. The van der Waals surface area contributed by atoms with Crippen molar-refractivity contribution in [3.05, 3.63) is 64.2 Å². The first-order chi connectivity index (χ1) is 16.9. The molecule has 0 aliphatic heterocycles. The molecule has 0 saturated heterocycles. The van der Waals surface area contributed by atoms with Crippen LogP contribution >= 0.6 is 45.2 Å². The van der Waals surface area contributed by atoms with Crippen molar-refractivity contribution >= 4 is 45.2 Å². The fourth-order valence-electron chi connectivity index (χ4n) is 3.73. The Balaban J connectivity index is 2.69. The number of alkyl halides is 8. The van der Waals surface area contributed by atoms with Gasteiger partial charge in [0.05, 0.1) is 3.42 Å². The minimum absolute atomic E-state index is 0.00143. The monoisotopic (exact) mass is 754 g/mol. The summed E-state index contributed by atoms with van der Waals surface area (Å²) in [5.74, 6) is 3.57. The zero-order chi connectivity index (χ0) is 28.4. The number of phenolic OH excluding ortho intramolecular Hbond substituents is 1. The third-order valence-corrected chi connectivity index (χ3v) is 9.45. The molecular formula is C26H26F6I2O3. The molecule has 204 valence electrons. The highest BCUT2D eigenvalue weighted by Gasteiger charge is 2.72. The van der Waals surface area contributed by atoms with E-state index in [1.54, 1.807) is 32.0 Å². The fraction of sp³-hybridized carbons (Fsp3) is 0.462. The fourth-order valence-corrected chi connectivity index (χ4v) is 6.16. The van der Waals surface area contributed by atoms with Gasteiger partial charge in [0.2, 0.25) is 0 Å². The van der Waals surface area contributed by atoms with Gasteiger partial charge in [-0.1, -0.05) is 89.2 Å². The number of phenols is 1. The van der Waals surface area contributed by atoms with Crippen LogP contribution in [0.2, 0.25) is 0 Å². The molecule has 0 aromatic heterocycles. The molecule has 0 amide bonds. The SMILES string of the molecule is COCOC(C#Cc1ccc(C(I)(c2ccc(O)c(C)c2)C(C)C(C)I)cc1C)(C(F)(F)F)C(F)(F)F. The van der Waals surface area contributed by atoms with Crippen LogP contribution in [-0.2, 0) is 12.9 Å². The van der Waals surface area contributed by atoms with Crippen LogP contribution in [0.1, 0.15) is 41.7 Å². The van der Waals surface area contributed by atoms with Gasteiger partial charge in [-0.25, -0.2) is 0 Å². The van der Waals surface area contributed by atoms with E-state index < -0.39 is 28.2 Å². The summed E-state index contributed by atoms with van der Waals surface area (Å²) in [7, 11) is 0.914. The van der Waals surface area contributed by atoms with Gasteiger partial charge in [-0.2, -0.15) is 26.3 Å². The first-order valence-electron chi connectivity index (χ1n) is 11.0. The van der Waals surface area contributed by atoms with Crippen LogP contribution < -0.4 is 0 Å². The highest BCUT2D eigenvalue weighted by atomic mass is 127. The summed E-state index contributed by atoms with van der Waals surface area (Å²) in [6, 6.07) is 10.1. The Bertz CT molecular complexity index is 1150. The van der Waals surface area contributed by atoms with Crippen LogP contribution in [0.5, 0.6) is 5.75 Å². The van der Waals surface area contributed by atoms with Crippen LogP contribution in [-0.4, -0.2) is 40.9 Å². The van der Waals surface area contributed by atoms with E-state index in [0.29, 0.717) is 11.1 Å². The quantitative estimate of drug-likeness (QED) is 0.103. The Labute approximate surface area is 239 Å². The number of halogens is 8. The average Bonchev–Trinajstić information content (AvgIpc) is 2.78. The Morgan fingerprint density at radius 2 is 1.43 bits per heavy atom. The van der Waals surface area contributed by atoms with Crippen molar-refractivity contribution in [2.75, 3.05) is 13.9 Å². The second kappa shape index (κ2) is 11.9. The lowest BCUT2D eigenvalue weighted by atomic mass is 9.79. The van der Waals surface area contributed by atoms with Gasteiger partial charge in [0, 0.05) is 16.6 Å². The Morgan fingerprint density at radius 3 is 1.86 bits per heavy atom. The van der Waals surface area contributed by atoms with Crippen molar-refractivity contribution in [3.63, 3.8) is 0 Å². The third-order valence-electron chi connectivity index (χ3n) is 6.14. The molecule has 0 fully saturated rings. The van der Waals surface area contributed by atoms with E-state index in [1.807, 2.05) is 19.1 Å². The van der Waals surface area contributed by atoms with Crippen molar-refractivity contribution in [3.8, 4) is 17.6 Å². The standard InChI is InChI=1S/C26H26F6I2O3/c1-15-12-20(24(34,17(3)18(4)33)21-8-9-22(35)16(2)13-21)7-6-19(15)10-11-23(25(27,28)29,26(30,31)32)37-14-36-5/h6-9,12-13,17-18,35H,14H2,1-5H3. The zero-order valence-electron chi connectivity index (χ0n) is 20.6. The van der Waals surface area contributed by atoms with Crippen molar-refractivity contribution in [1.29, 1.82) is 0 Å². The largest absolute Gasteiger partial charge is 0.508 e. The maximum atomic E-state index is 13.6. The molecule has 0 heterocycles. The van der Waals surface area contributed by atoms with Crippen molar-refractivity contribution in [2.24, 2.45) is 5.92 Å². The molecule has 2 aromatic rings. The second-order valence-corrected chi connectivity index (χ2v) is 12.4. The van der Waals surface area contributed by atoms with Gasteiger partial charge in [0.1, 0.15) is 12.5 Å². The van der Waals surface area contributed by atoms with Gasteiger partial charge >= 0.3 is 18.0 Å². The second-order valence-electron chi connectivity index (χ2n) is 8.69. The lowest BCUT2D eigenvalue weighted by molar-refractivity contribution is -0.368. The summed E-state index contributed by atoms with van der Waals surface area (Å²) >= 11 is 4.63. The first-order valence-corrected chi connectivity index (χ1v) is 13.3. The van der Waals surface area contributed by atoms with E-state index in [0.717, 1.165) is 18.2 Å². The van der Waals surface area contributed by atoms with Gasteiger partial charge < -0.3 is 14.6 Å². The van der Waals surface area contributed by atoms with Crippen LogP contribution in [0, 0.1) is 31.6 Å². The molecular weight excluding hydrogens is 728 g/mol. The number of methoxy groups -OCH3 is 1.